The lowest BCUT2D eigenvalue weighted by Crippen LogP contribution is -2.41. The first-order valence-electron chi connectivity index (χ1n) is 8.96. The summed E-state index contributed by atoms with van der Waals surface area (Å²) < 4.78 is 5.40. The lowest BCUT2D eigenvalue weighted by molar-refractivity contribution is 0.0688. The maximum Gasteiger partial charge on any atom is 0.265 e. The van der Waals surface area contributed by atoms with E-state index in [9.17, 15) is 14.4 Å². The van der Waals surface area contributed by atoms with Crippen molar-refractivity contribution in [2.75, 3.05) is 19.6 Å². The van der Waals surface area contributed by atoms with E-state index in [1.54, 1.807) is 17.9 Å². The van der Waals surface area contributed by atoms with Crippen molar-refractivity contribution >= 4 is 28.9 Å². The number of piperidine rings is 1. The molecule has 0 spiro atoms. The standard InChI is InChI=1S/C19H23N3O4S/c1-11-8-15(13(3)26-11)17(24)20-9-14-4-6-22(7-5-14)19(25)16-10-21-18(27-16)12(2)23/h8,10,14H,4-7,9H2,1-3H3,(H,20,24). The molecule has 3 rings (SSSR count). The van der Waals surface area contributed by atoms with Gasteiger partial charge in [0, 0.05) is 26.6 Å². The molecule has 7 nitrogen and oxygen atoms in total. The van der Waals surface area contributed by atoms with Crippen molar-refractivity contribution in [3.63, 3.8) is 0 Å². The Balaban J connectivity index is 1.48. The molecular formula is C19H23N3O4S. The van der Waals surface area contributed by atoms with Crippen LogP contribution < -0.4 is 5.32 Å². The quantitative estimate of drug-likeness (QED) is 0.794. The summed E-state index contributed by atoms with van der Waals surface area (Å²) in [5.41, 5.74) is 0.576. The fraction of sp³-hybridized carbons (Fsp3) is 0.474. The monoisotopic (exact) mass is 389 g/mol. The highest BCUT2D eigenvalue weighted by Crippen LogP contribution is 2.22. The molecule has 2 amide bonds. The van der Waals surface area contributed by atoms with Crippen molar-refractivity contribution in [3.8, 4) is 0 Å². The number of nitrogens with one attached hydrogen (secondary N) is 1. The van der Waals surface area contributed by atoms with Crippen LogP contribution in [0, 0.1) is 19.8 Å². The minimum atomic E-state index is -0.128. The second-order valence-electron chi connectivity index (χ2n) is 6.86. The molecule has 0 bridgehead atoms. The van der Waals surface area contributed by atoms with Gasteiger partial charge in [-0.2, -0.15) is 0 Å². The number of likely N-dealkylation sites (tertiary alicyclic amines) is 1. The Morgan fingerprint density at radius 3 is 2.56 bits per heavy atom. The normalized spacial score (nSPS) is 15.0. The number of carbonyl (C=O) groups is 3. The number of carbonyl (C=O) groups excluding carboxylic acids is 3. The minimum Gasteiger partial charge on any atom is -0.466 e. The van der Waals surface area contributed by atoms with Gasteiger partial charge in [0.25, 0.3) is 11.8 Å². The number of furan rings is 1. The molecule has 0 aromatic carbocycles. The van der Waals surface area contributed by atoms with E-state index >= 15 is 0 Å². The van der Waals surface area contributed by atoms with E-state index in [1.807, 2.05) is 6.92 Å². The van der Waals surface area contributed by atoms with Gasteiger partial charge in [-0.1, -0.05) is 0 Å². The highest BCUT2D eigenvalue weighted by atomic mass is 32.1. The van der Waals surface area contributed by atoms with Crippen molar-refractivity contribution in [2.45, 2.75) is 33.6 Å². The van der Waals surface area contributed by atoms with Gasteiger partial charge in [-0.3, -0.25) is 14.4 Å². The molecule has 0 unspecified atom stereocenters. The van der Waals surface area contributed by atoms with E-state index < -0.39 is 0 Å². The van der Waals surface area contributed by atoms with Crippen LogP contribution in [0.25, 0.3) is 0 Å². The van der Waals surface area contributed by atoms with E-state index in [-0.39, 0.29) is 17.6 Å². The fourth-order valence-electron chi connectivity index (χ4n) is 3.22. The Hall–Kier alpha value is -2.48. The SMILES string of the molecule is CC(=O)c1ncc(C(=O)N2CCC(CNC(=O)c3cc(C)oc3C)CC2)s1. The molecule has 1 aliphatic rings. The van der Waals surface area contributed by atoms with Crippen LogP contribution in [-0.4, -0.2) is 47.1 Å². The highest BCUT2D eigenvalue weighted by molar-refractivity contribution is 7.15. The smallest absolute Gasteiger partial charge is 0.265 e. The number of hydrogen-bond donors (Lipinski definition) is 1. The number of aromatic nitrogens is 1. The molecule has 3 heterocycles. The second-order valence-corrected chi connectivity index (χ2v) is 7.89. The number of aryl methyl sites for hydroxylation is 2. The molecule has 1 N–H and O–H groups in total. The Morgan fingerprint density at radius 1 is 1.30 bits per heavy atom. The van der Waals surface area contributed by atoms with Crippen LogP contribution in [0.4, 0.5) is 0 Å². The first-order chi connectivity index (χ1) is 12.8. The van der Waals surface area contributed by atoms with Crippen molar-refractivity contribution in [1.29, 1.82) is 0 Å². The van der Waals surface area contributed by atoms with Crippen LogP contribution in [0.15, 0.2) is 16.7 Å². The Labute approximate surface area is 161 Å². The molecule has 0 radical (unpaired) electrons. The largest absolute Gasteiger partial charge is 0.466 e. The number of ketones is 1. The third kappa shape index (κ3) is 4.44. The van der Waals surface area contributed by atoms with Crippen LogP contribution in [0.3, 0.4) is 0 Å². The summed E-state index contributed by atoms with van der Waals surface area (Å²) >= 11 is 1.14. The molecule has 1 saturated heterocycles. The number of hydrogen-bond acceptors (Lipinski definition) is 6. The lowest BCUT2D eigenvalue weighted by atomic mass is 9.96. The Bertz CT molecular complexity index is 862. The van der Waals surface area contributed by atoms with Crippen LogP contribution in [-0.2, 0) is 0 Å². The van der Waals surface area contributed by atoms with Gasteiger partial charge in [-0.15, -0.1) is 11.3 Å². The average Bonchev–Trinajstić information content (AvgIpc) is 3.26. The third-order valence-corrected chi connectivity index (χ3v) is 5.84. The van der Waals surface area contributed by atoms with E-state index in [0.29, 0.717) is 46.8 Å². The second kappa shape index (κ2) is 8.04. The number of nitrogens with zero attached hydrogens (tertiary/aromatic N) is 2. The zero-order valence-electron chi connectivity index (χ0n) is 15.7. The van der Waals surface area contributed by atoms with E-state index in [0.717, 1.165) is 29.9 Å². The summed E-state index contributed by atoms with van der Waals surface area (Å²) in [6, 6.07) is 1.75. The first kappa shape index (κ1) is 19.3. The predicted molar refractivity (Wildman–Crippen MR) is 101 cm³/mol. The molecule has 27 heavy (non-hydrogen) atoms. The minimum absolute atomic E-state index is 0.0769. The first-order valence-corrected chi connectivity index (χ1v) is 9.78. The maximum absolute atomic E-state index is 12.5. The van der Waals surface area contributed by atoms with E-state index in [2.05, 4.69) is 10.3 Å². The van der Waals surface area contributed by atoms with Crippen LogP contribution in [0.1, 0.15) is 61.1 Å². The van der Waals surface area contributed by atoms with Crippen molar-refractivity contribution < 1.29 is 18.8 Å². The van der Waals surface area contributed by atoms with E-state index in [4.69, 9.17) is 4.42 Å². The van der Waals surface area contributed by atoms with E-state index in [1.165, 1.54) is 13.1 Å². The zero-order chi connectivity index (χ0) is 19.6. The summed E-state index contributed by atoms with van der Waals surface area (Å²) in [6.45, 7) is 6.90. The highest BCUT2D eigenvalue weighted by Gasteiger charge is 2.26. The summed E-state index contributed by atoms with van der Waals surface area (Å²) in [5, 5.41) is 3.33. The van der Waals surface area contributed by atoms with Crippen molar-refractivity contribution in [3.05, 3.63) is 39.2 Å². The lowest BCUT2D eigenvalue weighted by Gasteiger charge is -2.31. The summed E-state index contributed by atoms with van der Waals surface area (Å²) in [7, 11) is 0. The zero-order valence-corrected chi connectivity index (χ0v) is 16.5. The molecule has 8 heteroatoms. The van der Waals surface area contributed by atoms with Crippen LogP contribution in [0.2, 0.25) is 0 Å². The molecule has 1 aliphatic heterocycles. The summed E-state index contributed by atoms with van der Waals surface area (Å²) in [6.07, 6.45) is 3.13. The molecule has 2 aromatic rings. The predicted octanol–water partition coefficient (Wildman–Crippen LogP) is 2.84. The van der Waals surface area contributed by atoms with Gasteiger partial charge in [-0.05, 0) is 38.7 Å². The Kier molecular flexibility index (Phi) is 5.74. The van der Waals surface area contributed by atoms with Gasteiger partial charge < -0.3 is 14.6 Å². The van der Waals surface area contributed by atoms with Gasteiger partial charge in [-0.25, -0.2) is 4.98 Å². The number of amides is 2. The molecule has 144 valence electrons. The third-order valence-electron chi connectivity index (χ3n) is 4.76. The number of rotatable bonds is 5. The van der Waals surface area contributed by atoms with Crippen LogP contribution >= 0.6 is 11.3 Å². The molecule has 0 saturated carbocycles. The topological polar surface area (TPSA) is 92.5 Å². The maximum atomic E-state index is 12.5. The summed E-state index contributed by atoms with van der Waals surface area (Å²) in [4.78, 5) is 42.4. The molecule has 0 atom stereocenters. The van der Waals surface area contributed by atoms with Gasteiger partial charge in [0.1, 0.15) is 16.4 Å². The van der Waals surface area contributed by atoms with Gasteiger partial charge in [0.15, 0.2) is 10.8 Å². The summed E-state index contributed by atoms with van der Waals surface area (Å²) in [5.74, 6) is 1.36. The van der Waals surface area contributed by atoms with Gasteiger partial charge in [0.2, 0.25) is 0 Å². The fourth-order valence-corrected chi connectivity index (χ4v) is 4.00. The molecule has 0 aliphatic carbocycles. The van der Waals surface area contributed by atoms with Crippen molar-refractivity contribution in [2.24, 2.45) is 5.92 Å². The average molecular weight is 389 g/mol. The van der Waals surface area contributed by atoms with Gasteiger partial charge in [0.05, 0.1) is 11.8 Å². The van der Waals surface area contributed by atoms with Crippen molar-refractivity contribution in [1.82, 2.24) is 15.2 Å². The molecular weight excluding hydrogens is 366 g/mol. The van der Waals surface area contributed by atoms with Crippen LogP contribution in [0.5, 0.6) is 0 Å². The number of thiazole rings is 1. The molecule has 2 aromatic heterocycles. The Morgan fingerprint density at radius 2 is 2.00 bits per heavy atom. The van der Waals surface area contributed by atoms with Gasteiger partial charge >= 0.3 is 0 Å². The molecule has 1 fully saturated rings. The number of Topliss-reactive ketones (excluding diaryl/α,β-unsaturated/α-hetero) is 1.